The summed E-state index contributed by atoms with van der Waals surface area (Å²) in [5.41, 5.74) is 0. The van der Waals surface area contributed by atoms with Crippen molar-refractivity contribution in [2.24, 2.45) is 0 Å². The summed E-state index contributed by atoms with van der Waals surface area (Å²) < 4.78 is -0.436. The van der Waals surface area contributed by atoms with Gasteiger partial charge < -0.3 is 15.3 Å². The van der Waals surface area contributed by atoms with Crippen LogP contribution in [-0.4, -0.2) is 63.9 Å². The van der Waals surface area contributed by atoms with Gasteiger partial charge in [-0.25, -0.2) is 14.4 Å². The van der Waals surface area contributed by atoms with E-state index in [0.29, 0.717) is 6.42 Å². The highest BCUT2D eigenvalue weighted by Gasteiger charge is 2.35. The molecule has 0 fully saturated rings. The second-order valence-corrected chi connectivity index (χ2v) is 9.72. The van der Waals surface area contributed by atoms with E-state index in [1.54, 1.807) is 0 Å². The number of unbranched alkanes of at least 4 members (excludes halogenated alkanes) is 15. The first kappa shape index (κ1) is 32.1. The molecule has 0 unspecified atom stereocenters. The number of hydrogen-bond donors (Lipinski definition) is 3. The minimum Gasteiger partial charge on any atom is -0.477 e. The van der Waals surface area contributed by atoms with Gasteiger partial charge in [0.05, 0.1) is 6.54 Å². The summed E-state index contributed by atoms with van der Waals surface area (Å²) in [5.74, 6) is -3.51. The Morgan fingerprint density at radius 2 is 0.853 bits per heavy atom. The Hall–Kier alpha value is -1.89. The van der Waals surface area contributed by atoms with Gasteiger partial charge in [0.1, 0.15) is 0 Å². The highest BCUT2D eigenvalue weighted by molar-refractivity contribution is 5.73. The number of nitrogens with zero attached hydrogens (tertiary/aromatic N) is 1. The van der Waals surface area contributed by atoms with Gasteiger partial charge in [-0.3, -0.25) is 4.48 Å². The zero-order valence-corrected chi connectivity index (χ0v) is 21.5. The molecule has 0 bridgehead atoms. The van der Waals surface area contributed by atoms with Gasteiger partial charge in [0, 0.05) is 0 Å². The Morgan fingerprint density at radius 3 is 1.21 bits per heavy atom. The first-order chi connectivity index (χ1) is 16.3. The fraction of sp³-hybridized carbons (Fsp3) is 0.815. The maximum atomic E-state index is 11.2. The van der Waals surface area contributed by atoms with E-state index in [9.17, 15) is 14.4 Å². The third-order valence-electron chi connectivity index (χ3n) is 6.31. The normalized spacial score (nSPS) is 11.8. The average Bonchev–Trinajstić information content (AvgIpc) is 2.73. The Kier molecular flexibility index (Phi) is 20.4. The predicted molar refractivity (Wildman–Crippen MR) is 136 cm³/mol. The van der Waals surface area contributed by atoms with Crippen LogP contribution in [0.4, 0.5) is 0 Å². The minimum absolute atomic E-state index is 0.263. The van der Waals surface area contributed by atoms with Crippen molar-refractivity contribution in [3.63, 3.8) is 0 Å². The summed E-state index contributed by atoms with van der Waals surface area (Å²) in [7, 11) is 0. The average molecular weight is 485 g/mol. The summed E-state index contributed by atoms with van der Waals surface area (Å²) in [6, 6.07) is 0. The standard InChI is InChI=1S/C27H49NO6/c1-2-3-4-5-6-7-8-9-10-11-12-13-14-15-16-17-18-19-20-21-28(22-25(29)30,23-26(31)32)24-27(33)34/h7-8H,2-6,9-24H2,1H3,(H2-,29,30,31,32,33,34)/p+1/b8-7+. The summed E-state index contributed by atoms with van der Waals surface area (Å²) in [6.45, 7) is 1.07. The lowest BCUT2D eigenvalue weighted by Gasteiger charge is -2.34. The Labute approximate surface area is 206 Å². The van der Waals surface area contributed by atoms with Crippen LogP contribution < -0.4 is 0 Å². The van der Waals surface area contributed by atoms with Gasteiger partial charge in [-0.2, -0.15) is 0 Å². The lowest BCUT2D eigenvalue weighted by Crippen LogP contribution is -2.57. The van der Waals surface area contributed by atoms with E-state index in [0.717, 1.165) is 19.3 Å². The Bertz CT molecular complexity index is 535. The van der Waals surface area contributed by atoms with Gasteiger partial charge in [0.2, 0.25) is 0 Å². The monoisotopic (exact) mass is 484 g/mol. The summed E-state index contributed by atoms with van der Waals surface area (Å²) in [4.78, 5) is 33.5. The fourth-order valence-corrected chi connectivity index (χ4v) is 4.49. The molecule has 0 radical (unpaired) electrons. The quantitative estimate of drug-likeness (QED) is 0.0800. The third-order valence-corrected chi connectivity index (χ3v) is 6.31. The minimum atomic E-state index is -1.17. The first-order valence-electron chi connectivity index (χ1n) is 13.5. The summed E-state index contributed by atoms with van der Waals surface area (Å²) >= 11 is 0. The molecule has 0 aromatic heterocycles. The van der Waals surface area contributed by atoms with Crippen molar-refractivity contribution in [2.45, 2.75) is 116 Å². The van der Waals surface area contributed by atoms with E-state index in [-0.39, 0.29) is 6.54 Å². The van der Waals surface area contributed by atoms with Crippen LogP contribution in [-0.2, 0) is 14.4 Å². The first-order valence-corrected chi connectivity index (χ1v) is 13.5. The van der Waals surface area contributed by atoms with Gasteiger partial charge in [0.15, 0.2) is 19.6 Å². The number of carbonyl (C=O) groups is 3. The Morgan fingerprint density at radius 1 is 0.529 bits per heavy atom. The van der Waals surface area contributed by atoms with Crippen LogP contribution in [0.5, 0.6) is 0 Å². The lowest BCUT2D eigenvalue weighted by molar-refractivity contribution is -0.907. The molecule has 0 saturated heterocycles. The number of quaternary nitrogens is 1. The van der Waals surface area contributed by atoms with E-state index in [1.807, 2.05) is 0 Å². The molecule has 34 heavy (non-hydrogen) atoms. The van der Waals surface area contributed by atoms with Crippen molar-refractivity contribution in [3.8, 4) is 0 Å². The number of aliphatic carboxylic acids is 3. The molecule has 198 valence electrons. The molecule has 0 amide bonds. The molecule has 0 saturated carbocycles. The SMILES string of the molecule is CCCCCC/C=C/CCCCCCCCCCCCC[N+](CC(=O)O)(CC(=O)O)CC(=O)O. The van der Waals surface area contributed by atoms with Crippen molar-refractivity contribution in [2.75, 3.05) is 26.2 Å². The van der Waals surface area contributed by atoms with E-state index in [4.69, 9.17) is 15.3 Å². The summed E-state index contributed by atoms with van der Waals surface area (Å²) in [6.07, 6.45) is 25.0. The van der Waals surface area contributed by atoms with E-state index in [2.05, 4.69) is 19.1 Å². The molecule has 0 aliphatic rings. The number of allylic oxidation sites excluding steroid dienone is 2. The molecular formula is C27H50NO6+. The second kappa shape index (κ2) is 21.6. The molecule has 0 aliphatic carbocycles. The van der Waals surface area contributed by atoms with Gasteiger partial charge in [-0.1, -0.05) is 89.7 Å². The van der Waals surface area contributed by atoms with Crippen LogP contribution in [0.25, 0.3) is 0 Å². The van der Waals surface area contributed by atoms with Crippen LogP contribution in [0.15, 0.2) is 12.2 Å². The number of hydrogen-bond acceptors (Lipinski definition) is 3. The molecule has 0 aliphatic heterocycles. The van der Waals surface area contributed by atoms with Crippen molar-refractivity contribution < 1.29 is 34.2 Å². The van der Waals surface area contributed by atoms with Gasteiger partial charge in [-0.15, -0.1) is 0 Å². The maximum absolute atomic E-state index is 11.2. The Balaban J connectivity index is 3.75. The van der Waals surface area contributed by atoms with Crippen LogP contribution >= 0.6 is 0 Å². The van der Waals surface area contributed by atoms with E-state index in [1.165, 1.54) is 83.5 Å². The zero-order valence-electron chi connectivity index (χ0n) is 21.5. The predicted octanol–water partition coefficient (Wildman–Crippen LogP) is 6.26. The lowest BCUT2D eigenvalue weighted by atomic mass is 10.0. The van der Waals surface area contributed by atoms with Crippen LogP contribution in [0, 0.1) is 0 Å². The molecule has 7 nitrogen and oxygen atoms in total. The number of carboxylic acids is 3. The molecular weight excluding hydrogens is 434 g/mol. The molecule has 0 rings (SSSR count). The largest absolute Gasteiger partial charge is 0.477 e. The van der Waals surface area contributed by atoms with Crippen molar-refractivity contribution in [3.05, 3.63) is 12.2 Å². The van der Waals surface area contributed by atoms with Crippen molar-refractivity contribution in [1.29, 1.82) is 0 Å². The molecule has 3 N–H and O–H groups in total. The van der Waals surface area contributed by atoms with Crippen LogP contribution in [0.3, 0.4) is 0 Å². The molecule has 0 heterocycles. The fourth-order valence-electron chi connectivity index (χ4n) is 4.49. The van der Waals surface area contributed by atoms with Crippen LogP contribution in [0.1, 0.15) is 116 Å². The van der Waals surface area contributed by atoms with E-state index < -0.39 is 42.0 Å². The van der Waals surface area contributed by atoms with Gasteiger partial charge in [0.25, 0.3) is 0 Å². The van der Waals surface area contributed by atoms with Crippen molar-refractivity contribution >= 4 is 17.9 Å². The van der Waals surface area contributed by atoms with Gasteiger partial charge >= 0.3 is 17.9 Å². The second-order valence-electron chi connectivity index (χ2n) is 9.72. The highest BCUT2D eigenvalue weighted by atomic mass is 16.4. The number of carboxylic acid groups (broad SMARTS) is 3. The zero-order chi connectivity index (χ0) is 25.5. The van der Waals surface area contributed by atoms with Crippen LogP contribution in [0.2, 0.25) is 0 Å². The molecule has 0 atom stereocenters. The highest BCUT2D eigenvalue weighted by Crippen LogP contribution is 2.15. The molecule has 0 aromatic carbocycles. The summed E-state index contributed by atoms with van der Waals surface area (Å²) in [5, 5.41) is 27.4. The topological polar surface area (TPSA) is 112 Å². The molecule has 7 heteroatoms. The molecule has 0 aromatic rings. The molecule has 0 spiro atoms. The van der Waals surface area contributed by atoms with Gasteiger partial charge in [-0.05, 0) is 38.5 Å². The van der Waals surface area contributed by atoms with E-state index >= 15 is 0 Å². The maximum Gasteiger partial charge on any atom is 0.359 e. The number of rotatable bonds is 25. The third kappa shape index (κ3) is 20.7. The van der Waals surface area contributed by atoms with Crippen molar-refractivity contribution in [1.82, 2.24) is 0 Å². The smallest absolute Gasteiger partial charge is 0.359 e.